The van der Waals surface area contributed by atoms with Gasteiger partial charge in [-0.3, -0.25) is 4.79 Å². The molecule has 4 rings (SSSR count). The van der Waals surface area contributed by atoms with Gasteiger partial charge in [0.25, 0.3) is 5.91 Å². The van der Waals surface area contributed by atoms with Crippen molar-refractivity contribution in [2.24, 2.45) is 0 Å². The fourth-order valence-electron chi connectivity index (χ4n) is 4.26. The zero-order chi connectivity index (χ0) is 27.4. The van der Waals surface area contributed by atoms with E-state index in [1.165, 1.54) is 28.6 Å². The average Bonchev–Trinajstić information content (AvgIpc) is 2.87. The van der Waals surface area contributed by atoms with Gasteiger partial charge in [-0.25, -0.2) is 17.6 Å². The molecule has 3 aromatic rings. The first-order valence-corrected chi connectivity index (χ1v) is 13.7. The fourth-order valence-corrected chi connectivity index (χ4v) is 6.19. The summed E-state index contributed by atoms with van der Waals surface area (Å²) in [5.74, 6) is -1.72. The Kier molecular flexibility index (Phi) is 8.35. The predicted molar refractivity (Wildman–Crippen MR) is 144 cm³/mol. The molecular formula is C27H27ClFN3O5S. The predicted octanol–water partition coefficient (Wildman–Crippen LogP) is 4.40. The number of halogens is 2. The van der Waals surface area contributed by atoms with E-state index in [4.69, 9.17) is 16.3 Å². The van der Waals surface area contributed by atoms with Crippen molar-refractivity contribution in [3.8, 4) is 0 Å². The zero-order valence-electron chi connectivity index (χ0n) is 20.9. The number of benzene rings is 3. The van der Waals surface area contributed by atoms with Crippen LogP contribution in [0.2, 0.25) is 5.02 Å². The van der Waals surface area contributed by atoms with E-state index in [1.807, 2.05) is 24.8 Å². The van der Waals surface area contributed by atoms with Crippen molar-refractivity contribution >= 4 is 44.9 Å². The summed E-state index contributed by atoms with van der Waals surface area (Å²) in [6, 6.07) is 15.4. The average molecular weight is 560 g/mol. The molecule has 0 radical (unpaired) electrons. The molecule has 1 fully saturated rings. The molecule has 0 atom stereocenters. The van der Waals surface area contributed by atoms with E-state index in [9.17, 15) is 22.4 Å². The number of hydrogen-bond donors (Lipinski definition) is 1. The Hall–Kier alpha value is -3.47. The van der Waals surface area contributed by atoms with Gasteiger partial charge in [0.2, 0.25) is 10.0 Å². The number of esters is 1. The smallest absolute Gasteiger partial charge is 0.338 e. The molecule has 1 saturated heterocycles. The molecule has 1 aliphatic rings. The van der Waals surface area contributed by atoms with Crippen LogP contribution in [0, 0.1) is 19.7 Å². The highest BCUT2D eigenvalue weighted by Gasteiger charge is 2.31. The van der Waals surface area contributed by atoms with Crippen LogP contribution >= 0.6 is 11.6 Å². The molecule has 0 spiro atoms. The third-order valence-electron chi connectivity index (χ3n) is 6.05. The highest BCUT2D eigenvalue weighted by atomic mass is 35.5. The normalized spacial score (nSPS) is 14.3. The first kappa shape index (κ1) is 27.6. The van der Waals surface area contributed by atoms with E-state index >= 15 is 0 Å². The van der Waals surface area contributed by atoms with Crippen molar-refractivity contribution < 1.29 is 27.1 Å². The summed E-state index contributed by atoms with van der Waals surface area (Å²) in [5.41, 5.74) is 3.29. The minimum absolute atomic E-state index is 0.0323. The second-order valence-electron chi connectivity index (χ2n) is 9.01. The highest BCUT2D eigenvalue weighted by Crippen LogP contribution is 2.28. The van der Waals surface area contributed by atoms with Crippen LogP contribution in [0.25, 0.3) is 0 Å². The lowest BCUT2D eigenvalue weighted by Gasteiger charge is -2.35. The van der Waals surface area contributed by atoms with Crippen LogP contribution in [0.1, 0.15) is 21.5 Å². The number of carbonyl (C=O) groups excluding carboxylic acids is 2. The van der Waals surface area contributed by atoms with Gasteiger partial charge in [-0.05, 0) is 79.6 Å². The van der Waals surface area contributed by atoms with E-state index in [-0.39, 0.29) is 34.4 Å². The van der Waals surface area contributed by atoms with Crippen LogP contribution in [-0.4, -0.2) is 57.4 Å². The van der Waals surface area contributed by atoms with Crippen LogP contribution in [0.3, 0.4) is 0 Å². The van der Waals surface area contributed by atoms with Gasteiger partial charge in [0.05, 0.1) is 10.6 Å². The third-order valence-corrected chi connectivity index (χ3v) is 8.44. The Bertz CT molecular complexity index is 1440. The van der Waals surface area contributed by atoms with E-state index in [0.29, 0.717) is 18.8 Å². The van der Waals surface area contributed by atoms with Crippen molar-refractivity contribution in [3.63, 3.8) is 0 Å². The molecule has 1 amide bonds. The molecule has 8 nitrogen and oxygen atoms in total. The number of nitrogens with zero attached hydrogens (tertiary/aromatic N) is 2. The number of carbonyl (C=O) groups is 2. The molecule has 0 aliphatic carbocycles. The lowest BCUT2D eigenvalue weighted by atomic mass is 10.1. The Balaban J connectivity index is 1.40. The van der Waals surface area contributed by atoms with Gasteiger partial charge >= 0.3 is 5.97 Å². The molecule has 1 aliphatic heterocycles. The van der Waals surface area contributed by atoms with Gasteiger partial charge < -0.3 is 15.0 Å². The number of amides is 1. The van der Waals surface area contributed by atoms with Gasteiger partial charge in [0.1, 0.15) is 10.7 Å². The molecule has 200 valence electrons. The lowest BCUT2D eigenvalue weighted by molar-refractivity contribution is -0.119. The molecule has 0 saturated carbocycles. The Labute approximate surface area is 226 Å². The lowest BCUT2D eigenvalue weighted by Crippen LogP contribution is -2.48. The number of ether oxygens (including phenoxy) is 1. The Morgan fingerprint density at radius 3 is 2.21 bits per heavy atom. The molecule has 11 heteroatoms. The van der Waals surface area contributed by atoms with Crippen LogP contribution in [0.5, 0.6) is 0 Å². The van der Waals surface area contributed by atoms with Crippen molar-refractivity contribution in [2.75, 3.05) is 43.0 Å². The van der Waals surface area contributed by atoms with Gasteiger partial charge in [0, 0.05) is 37.6 Å². The minimum atomic E-state index is -4.01. The van der Waals surface area contributed by atoms with Crippen LogP contribution in [-0.2, 0) is 19.6 Å². The number of aryl methyl sites for hydroxylation is 2. The maximum Gasteiger partial charge on any atom is 0.338 e. The zero-order valence-corrected chi connectivity index (χ0v) is 22.5. The summed E-state index contributed by atoms with van der Waals surface area (Å²) in [4.78, 5) is 26.6. The first-order chi connectivity index (χ1) is 18.0. The van der Waals surface area contributed by atoms with Crippen LogP contribution < -0.4 is 10.2 Å². The van der Waals surface area contributed by atoms with E-state index in [2.05, 4.69) is 5.32 Å². The minimum Gasteiger partial charge on any atom is -0.452 e. The number of hydrogen-bond acceptors (Lipinski definition) is 6. The number of sulfonamides is 1. The standard InChI is InChI=1S/C27H27ClFN3O5S/c1-18-13-19(2)15-22(14-18)30-26(33)17-37-27(34)20-3-8-24(28)25(16-20)38(35,36)32-11-9-31(10-12-32)23-6-4-21(29)5-7-23/h3-8,13-16H,9-12,17H2,1-2H3,(H,30,33). The van der Waals surface area contributed by atoms with Crippen LogP contribution in [0.15, 0.2) is 65.6 Å². The van der Waals surface area contributed by atoms with Gasteiger partial charge in [-0.15, -0.1) is 0 Å². The maximum absolute atomic E-state index is 13.4. The van der Waals surface area contributed by atoms with E-state index in [0.717, 1.165) is 22.9 Å². The summed E-state index contributed by atoms with van der Waals surface area (Å²) < 4.78 is 46.3. The van der Waals surface area contributed by atoms with Crippen molar-refractivity contribution in [3.05, 3.63) is 88.2 Å². The summed E-state index contributed by atoms with van der Waals surface area (Å²) in [7, 11) is -4.01. The Morgan fingerprint density at radius 2 is 1.58 bits per heavy atom. The fraction of sp³-hybridized carbons (Fsp3) is 0.259. The summed E-state index contributed by atoms with van der Waals surface area (Å²) >= 11 is 6.22. The van der Waals surface area contributed by atoms with E-state index in [1.54, 1.807) is 24.3 Å². The van der Waals surface area contributed by atoms with E-state index < -0.39 is 28.5 Å². The largest absolute Gasteiger partial charge is 0.452 e. The van der Waals surface area contributed by atoms with Gasteiger partial charge in [-0.2, -0.15) is 4.31 Å². The monoisotopic (exact) mass is 559 g/mol. The summed E-state index contributed by atoms with van der Waals surface area (Å²) in [6.45, 7) is 4.44. The first-order valence-electron chi connectivity index (χ1n) is 11.9. The van der Waals surface area contributed by atoms with Crippen LogP contribution in [0.4, 0.5) is 15.8 Å². The maximum atomic E-state index is 13.4. The summed E-state index contributed by atoms with van der Waals surface area (Å²) in [6.07, 6.45) is 0. The SMILES string of the molecule is Cc1cc(C)cc(NC(=O)COC(=O)c2ccc(Cl)c(S(=O)(=O)N3CCN(c4ccc(F)cc4)CC3)c2)c1. The van der Waals surface area contributed by atoms with Crippen molar-refractivity contribution in [2.45, 2.75) is 18.7 Å². The number of nitrogens with one attached hydrogen (secondary N) is 1. The molecule has 3 aromatic carbocycles. The number of piperazine rings is 1. The number of anilines is 2. The molecule has 1 heterocycles. The molecular weight excluding hydrogens is 533 g/mol. The third kappa shape index (κ3) is 6.50. The number of rotatable bonds is 7. The molecule has 38 heavy (non-hydrogen) atoms. The highest BCUT2D eigenvalue weighted by molar-refractivity contribution is 7.89. The molecule has 0 unspecified atom stereocenters. The Morgan fingerprint density at radius 1 is 0.947 bits per heavy atom. The van der Waals surface area contributed by atoms with Gasteiger partial charge in [0.15, 0.2) is 6.61 Å². The van der Waals surface area contributed by atoms with Crippen molar-refractivity contribution in [1.29, 1.82) is 0 Å². The summed E-state index contributed by atoms with van der Waals surface area (Å²) in [5, 5.41) is 2.64. The molecule has 0 bridgehead atoms. The molecule has 1 N–H and O–H groups in total. The topological polar surface area (TPSA) is 96.0 Å². The van der Waals surface area contributed by atoms with Gasteiger partial charge in [-0.1, -0.05) is 17.7 Å². The quantitative estimate of drug-likeness (QED) is 0.431. The second kappa shape index (κ2) is 11.5. The second-order valence-corrected chi connectivity index (χ2v) is 11.3. The molecule has 0 aromatic heterocycles. The van der Waals surface area contributed by atoms with Crippen molar-refractivity contribution in [1.82, 2.24) is 4.31 Å².